The van der Waals surface area contributed by atoms with E-state index in [4.69, 9.17) is 9.47 Å². The maximum atomic E-state index is 12.3. The molecular weight excluding hydrogens is 284 g/mol. The van der Waals surface area contributed by atoms with Crippen LogP contribution in [0, 0.1) is 0 Å². The van der Waals surface area contributed by atoms with Gasteiger partial charge in [0.25, 0.3) is 0 Å². The second kappa shape index (κ2) is 4.88. The quantitative estimate of drug-likeness (QED) is 0.891. The SMILES string of the molecule is COc1cc(OC)c2c(O)c3c(cc2c1)CC(C)(O)CC3=O. The molecule has 0 aliphatic heterocycles. The lowest BCUT2D eigenvalue weighted by molar-refractivity contribution is 0.0409. The summed E-state index contributed by atoms with van der Waals surface area (Å²) in [4.78, 5) is 12.3. The van der Waals surface area contributed by atoms with Crippen LogP contribution in [0.5, 0.6) is 17.2 Å². The van der Waals surface area contributed by atoms with Gasteiger partial charge in [-0.25, -0.2) is 0 Å². The van der Waals surface area contributed by atoms with E-state index in [9.17, 15) is 15.0 Å². The molecule has 2 N–H and O–H groups in total. The number of Topliss-reactive ketones (excluding diaryl/α,β-unsaturated/α-hetero) is 1. The minimum Gasteiger partial charge on any atom is -0.506 e. The summed E-state index contributed by atoms with van der Waals surface area (Å²) >= 11 is 0. The molecule has 0 aromatic heterocycles. The molecule has 5 heteroatoms. The number of methoxy groups -OCH3 is 2. The Balaban J connectivity index is 2.36. The van der Waals surface area contributed by atoms with Crippen molar-refractivity contribution < 1.29 is 24.5 Å². The monoisotopic (exact) mass is 302 g/mol. The van der Waals surface area contributed by atoms with Crippen LogP contribution < -0.4 is 9.47 Å². The third-order valence-electron chi connectivity index (χ3n) is 4.08. The van der Waals surface area contributed by atoms with E-state index >= 15 is 0 Å². The van der Waals surface area contributed by atoms with Gasteiger partial charge in [-0.15, -0.1) is 0 Å². The van der Waals surface area contributed by atoms with Crippen LogP contribution in [0.25, 0.3) is 10.8 Å². The number of aliphatic hydroxyl groups is 1. The fourth-order valence-corrected chi connectivity index (χ4v) is 3.15. The van der Waals surface area contributed by atoms with Gasteiger partial charge >= 0.3 is 0 Å². The van der Waals surface area contributed by atoms with Crippen LogP contribution in [0.15, 0.2) is 18.2 Å². The number of hydrogen-bond donors (Lipinski definition) is 2. The van der Waals surface area contributed by atoms with Crippen molar-refractivity contribution in [3.8, 4) is 17.2 Å². The number of hydrogen-bond acceptors (Lipinski definition) is 5. The van der Waals surface area contributed by atoms with Gasteiger partial charge in [-0.3, -0.25) is 4.79 Å². The minimum absolute atomic E-state index is 0.00244. The summed E-state index contributed by atoms with van der Waals surface area (Å²) in [7, 11) is 3.05. The molecule has 0 heterocycles. The molecule has 0 fully saturated rings. The summed E-state index contributed by atoms with van der Waals surface area (Å²) in [6, 6.07) is 5.24. The maximum absolute atomic E-state index is 12.3. The number of aromatic hydroxyl groups is 1. The zero-order valence-electron chi connectivity index (χ0n) is 12.8. The largest absolute Gasteiger partial charge is 0.506 e. The Labute approximate surface area is 128 Å². The molecule has 2 aromatic carbocycles. The van der Waals surface area contributed by atoms with Crippen LogP contribution in [0.1, 0.15) is 29.3 Å². The van der Waals surface area contributed by atoms with E-state index in [2.05, 4.69) is 0 Å². The summed E-state index contributed by atoms with van der Waals surface area (Å²) in [6.45, 7) is 1.63. The van der Waals surface area contributed by atoms with E-state index in [1.807, 2.05) is 0 Å². The van der Waals surface area contributed by atoms with Gasteiger partial charge in [-0.2, -0.15) is 0 Å². The Morgan fingerprint density at radius 3 is 2.50 bits per heavy atom. The number of ketones is 1. The second-order valence-corrected chi connectivity index (χ2v) is 5.96. The van der Waals surface area contributed by atoms with Crippen molar-refractivity contribution in [2.45, 2.75) is 25.4 Å². The molecule has 0 radical (unpaired) electrons. The molecule has 0 saturated carbocycles. The van der Waals surface area contributed by atoms with Crippen molar-refractivity contribution in [2.24, 2.45) is 0 Å². The fourth-order valence-electron chi connectivity index (χ4n) is 3.15. The van der Waals surface area contributed by atoms with Gasteiger partial charge in [0.15, 0.2) is 5.78 Å². The molecule has 5 nitrogen and oxygen atoms in total. The molecular formula is C17H18O5. The molecule has 2 aromatic rings. The molecule has 1 aliphatic carbocycles. The van der Waals surface area contributed by atoms with Crippen LogP contribution >= 0.6 is 0 Å². The lowest BCUT2D eigenvalue weighted by atomic mass is 9.79. The number of carbonyl (C=O) groups is 1. The Morgan fingerprint density at radius 2 is 1.86 bits per heavy atom. The van der Waals surface area contributed by atoms with E-state index in [0.717, 1.165) is 0 Å². The maximum Gasteiger partial charge on any atom is 0.169 e. The molecule has 1 atom stereocenters. The zero-order chi connectivity index (χ0) is 16.1. The van der Waals surface area contributed by atoms with Crippen molar-refractivity contribution in [2.75, 3.05) is 14.2 Å². The van der Waals surface area contributed by atoms with Crippen LogP contribution in [-0.4, -0.2) is 35.8 Å². The summed E-state index contributed by atoms with van der Waals surface area (Å²) in [5.74, 6) is 0.688. The highest BCUT2D eigenvalue weighted by molar-refractivity contribution is 6.09. The highest BCUT2D eigenvalue weighted by Gasteiger charge is 2.35. The third kappa shape index (κ3) is 2.18. The molecule has 22 heavy (non-hydrogen) atoms. The molecule has 1 aliphatic rings. The van der Waals surface area contributed by atoms with Gasteiger partial charge in [0.05, 0.1) is 30.8 Å². The normalized spacial score (nSPS) is 20.8. The summed E-state index contributed by atoms with van der Waals surface area (Å²) in [5.41, 5.74) is -0.170. The van der Waals surface area contributed by atoms with E-state index in [0.29, 0.717) is 34.3 Å². The van der Waals surface area contributed by atoms with Crippen LogP contribution in [0.3, 0.4) is 0 Å². The van der Waals surface area contributed by atoms with Crippen molar-refractivity contribution >= 4 is 16.6 Å². The smallest absolute Gasteiger partial charge is 0.169 e. The van der Waals surface area contributed by atoms with Gasteiger partial charge in [0.1, 0.15) is 17.2 Å². The highest BCUT2D eigenvalue weighted by atomic mass is 16.5. The number of carbonyl (C=O) groups excluding carboxylic acids is 1. The first-order valence-corrected chi connectivity index (χ1v) is 7.02. The van der Waals surface area contributed by atoms with Gasteiger partial charge in [0, 0.05) is 18.9 Å². The molecule has 116 valence electrons. The molecule has 0 spiro atoms. The Bertz CT molecular complexity index is 776. The number of benzene rings is 2. The molecule has 1 unspecified atom stereocenters. The summed E-state index contributed by atoms with van der Waals surface area (Å²) in [6.07, 6.45) is 0.314. The first kappa shape index (κ1) is 14.7. The van der Waals surface area contributed by atoms with E-state index in [1.165, 1.54) is 7.11 Å². The Morgan fingerprint density at radius 1 is 1.14 bits per heavy atom. The predicted molar refractivity (Wildman–Crippen MR) is 82.0 cm³/mol. The summed E-state index contributed by atoms with van der Waals surface area (Å²) in [5, 5.41) is 22.0. The van der Waals surface area contributed by atoms with E-state index in [1.54, 1.807) is 32.2 Å². The van der Waals surface area contributed by atoms with Gasteiger partial charge in [-0.05, 0) is 30.0 Å². The van der Waals surface area contributed by atoms with Crippen molar-refractivity contribution in [1.29, 1.82) is 0 Å². The van der Waals surface area contributed by atoms with Gasteiger partial charge < -0.3 is 19.7 Å². The summed E-state index contributed by atoms with van der Waals surface area (Å²) < 4.78 is 10.6. The van der Waals surface area contributed by atoms with Crippen molar-refractivity contribution in [3.63, 3.8) is 0 Å². The number of ether oxygens (including phenoxy) is 2. The molecule has 0 amide bonds. The molecule has 3 rings (SSSR count). The van der Waals surface area contributed by atoms with Gasteiger partial charge in [-0.1, -0.05) is 0 Å². The lowest BCUT2D eigenvalue weighted by Crippen LogP contribution is -2.35. The van der Waals surface area contributed by atoms with Crippen molar-refractivity contribution in [3.05, 3.63) is 29.3 Å². The zero-order valence-corrected chi connectivity index (χ0v) is 12.8. The first-order chi connectivity index (χ1) is 10.4. The van der Waals surface area contributed by atoms with Gasteiger partial charge in [0.2, 0.25) is 0 Å². The number of fused-ring (bicyclic) bond motifs is 2. The second-order valence-electron chi connectivity index (χ2n) is 5.96. The predicted octanol–water partition coefficient (Wildman–Crippen LogP) is 2.44. The van der Waals surface area contributed by atoms with Crippen LogP contribution in [0.2, 0.25) is 0 Å². The highest BCUT2D eigenvalue weighted by Crippen LogP contribution is 2.43. The van der Waals surface area contributed by atoms with Crippen molar-refractivity contribution in [1.82, 2.24) is 0 Å². The standard InChI is InChI=1S/C17H18O5/c1-17(20)7-10-4-9-5-11(21-2)6-13(22-3)15(9)16(19)14(10)12(18)8-17/h4-6,19-20H,7-8H2,1-3H3. The van der Waals surface area contributed by atoms with Crippen LogP contribution in [0.4, 0.5) is 0 Å². The average molecular weight is 302 g/mol. The first-order valence-electron chi connectivity index (χ1n) is 7.02. The van der Waals surface area contributed by atoms with E-state index in [-0.39, 0.29) is 23.5 Å². The number of rotatable bonds is 2. The molecule has 0 saturated heterocycles. The number of phenols is 1. The topological polar surface area (TPSA) is 76.0 Å². The Kier molecular flexibility index (Phi) is 3.25. The Hall–Kier alpha value is -2.27. The third-order valence-corrected chi connectivity index (χ3v) is 4.08. The molecule has 0 bridgehead atoms. The minimum atomic E-state index is -1.09. The number of phenolic OH excluding ortho intramolecular Hbond substituents is 1. The van der Waals surface area contributed by atoms with E-state index < -0.39 is 5.60 Å². The fraction of sp³-hybridized carbons (Fsp3) is 0.353. The average Bonchev–Trinajstić information content (AvgIpc) is 2.43. The lowest BCUT2D eigenvalue weighted by Gasteiger charge is -2.30. The van der Waals surface area contributed by atoms with Crippen LogP contribution in [-0.2, 0) is 6.42 Å².